The van der Waals surface area contributed by atoms with Gasteiger partial charge in [0.05, 0.1) is 0 Å². The molecule has 144 valence electrons. The van der Waals surface area contributed by atoms with Crippen LogP contribution >= 0.6 is 0 Å². The van der Waals surface area contributed by atoms with Crippen LogP contribution in [0.15, 0.2) is 116 Å². The summed E-state index contributed by atoms with van der Waals surface area (Å²) in [6, 6.07) is 28.0. The van der Waals surface area contributed by atoms with Gasteiger partial charge in [0.15, 0.2) is 17.5 Å². The van der Waals surface area contributed by atoms with Crippen LogP contribution in [0.3, 0.4) is 0 Å². The van der Waals surface area contributed by atoms with E-state index in [2.05, 4.69) is 19.2 Å². The van der Waals surface area contributed by atoms with Gasteiger partial charge in [0.25, 0.3) is 0 Å². The standard InChI is InChI=1S/C27H21N3/c1-3-4-12-20(2)23-17-11-18-24(19-23)27-29-25(21-13-7-5-8-14-21)28-26(30-27)22-15-9-6-10-16-22/h3-19H,1-2H2/b12-4-. The lowest BCUT2D eigenvalue weighted by atomic mass is 10.0. The number of nitrogens with zero attached hydrogens (tertiary/aromatic N) is 3. The van der Waals surface area contributed by atoms with Crippen LogP contribution in [0.25, 0.3) is 39.7 Å². The van der Waals surface area contributed by atoms with Gasteiger partial charge in [-0.1, -0.05) is 110 Å². The summed E-state index contributed by atoms with van der Waals surface area (Å²) in [5, 5.41) is 0. The Morgan fingerprint density at radius 1 is 0.633 bits per heavy atom. The minimum atomic E-state index is 0.630. The highest BCUT2D eigenvalue weighted by Crippen LogP contribution is 2.26. The highest BCUT2D eigenvalue weighted by atomic mass is 15.0. The van der Waals surface area contributed by atoms with Gasteiger partial charge in [-0.05, 0) is 17.2 Å². The summed E-state index contributed by atoms with van der Waals surface area (Å²) in [5.41, 5.74) is 4.73. The van der Waals surface area contributed by atoms with E-state index in [9.17, 15) is 0 Å². The zero-order valence-electron chi connectivity index (χ0n) is 16.6. The summed E-state index contributed by atoms with van der Waals surface area (Å²) in [4.78, 5) is 14.3. The van der Waals surface area contributed by atoms with Gasteiger partial charge in [-0.2, -0.15) is 0 Å². The van der Waals surface area contributed by atoms with Gasteiger partial charge in [0.2, 0.25) is 0 Å². The summed E-state index contributed by atoms with van der Waals surface area (Å²) in [6.07, 6.45) is 5.54. The Balaban J connectivity index is 1.85. The van der Waals surface area contributed by atoms with Crippen LogP contribution < -0.4 is 0 Å². The third-order valence-electron chi connectivity index (χ3n) is 4.62. The van der Waals surface area contributed by atoms with E-state index in [-0.39, 0.29) is 0 Å². The summed E-state index contributed by atoms with van der Waals surface area (Å²) < 4.78 is 0. The molecule has 0 amide bonds. The molecule has 4 aromatic rings. The number of aromatic nitrogens is 3. The molecular formula is C27H21N3. The first-order valence-electron chi connectivity index (χ1n) is 9.70. The second-order valence-corrected chi connectivity index (χ2v) is 6.74. The fourth-order valence-corrected chi connectivity index (χ4v) is 3.08. The molecule has 0 aliphatic heterocycles. The third-order valence-corrected chi connectivity index (χ3v) is 4.62. The fourth-order valence-electron chi connectivity index (χ4n) is 3.08. The molecule has 3 heteroatoms. The van der Waals surface area contributed by atoms with Gasteiger partial charge in [0.1, 0.15) is 0 Å². The molecule has 0 atom stereocenters. The van der Waals surface area contributed by atoms with E-state index in [1.807, 2.05) is 91.0 Å². The predicted octanol–water partition coefficient (Wildman–Crippen LogP) is 6.63. The van der Waals surface area contributed by atoms with Crippen molar-refractivity contribution in [1.82, 2.24) is 15.0 Å². The Hall–Kier alpha value is -4.11. The number of hydrogen-bond donors (Lipinski definition) is 0. The molecule has 0 radical (unpaired) electrons. The van der Waals surface area contributed by atoms with Crippen molar-refractivity contribution in [3.05, 3.63) is 122 Å². The monoisotopic (exact) mass is 387 g/mol. The van der Waals surface area contributed by atoms with Crippen molar-refractivity contribution in [2.75, 3.05) is 0 Å². The highest BCUT2D eigenvalue weighted by molar-refractivity contribution is 5.76. The second kappa shape index (κ2) is 8.93. The highest BCUT2D eigenvalue weighted by Gasteiger charge is 2.12. The maximum Gasteiger partial charge on any atom is 0.164 e. The molecule has 0 spiro atoms. The van der Waals surface area contributed by atoms with E-state index in [4.69, 9.17) is 15.0 Å². The predicted molar refractivity (Wildman–Crippen MR) is 125 cm³/mol. The molecule has 1 aromatic heterocycles. The average Bonchev–Trinajstić information content (AvgIpc) is 2.83. The van der Waals surface area contributed by atoms with Gasteiger partial charge in [0, 0.05) is 16.7 Å². The van der Waals surface area contributed by atoms with Crippen LogP contribution in [0, 0.1) is 0 Å². The molecule has 0 aliphatic carbocycles. The van der Waals surface area contributed by atoms with Gasteiger partial charge < -0.3 is 0 Å². The van der Waals surface area contributed by atoms with E-state index in [0.717, 1.165) is 27.8 Å². The zero-order valence-corrected chi connectivity index (χ0v) is 16.6. The Labute approximate surface area is 176 Å². The van der Waals surface area contributed by atoms with Crippen molar-refractivity contribution >= 4 is 5.57 Å². The van der Waals surface area contributed by atoms with Gasteiger partial charge in [-0.15, -0.1) is 0 Å². The lowest BCUT2D eigenvalue weighted by Gasteiger charge is -2.09. The lowest BCUT2D eigenvalue weighted by molar-refractivity contribution is 1.07. The van der Waals surface area contributed by atoms with Crippen LogP contribution in [0.2, 0.25) is 0 Å². The fraction of sp³-hybridized carbons (Fsp3) is 0. The molecule has 0 N–H and O–H groups in total. The first-order valence-corrected chi connectivity index (χ1v) is 9.70. The first-order chi connectivity index (χ1) is 14.7. The Bertz CT molecular complexity index is 1150. The molecular weight excluding hydrogens is 366 g/mol. The number of hydrogen-bond acceptors (Lipinski definition) is 3. The van der Waals surface area contributed by atoms with Gasteiger partial charge in [-0.3, -0.25) is 0 Å². The molecule has 0 bridgehead atoms. The van der Waals surface area contributed by atoms with E-state index in [1.54, 1.807) is 6.08 Å². The van der Waals surface area contributed by atoms with E-state index < -0.39 is 0 Å². The Morgan fingerprint density at radius 2 is 1.13 bits per heavy atom. The molecule has 3 aromatic carbocycles. The number of benzene rings is 3. The SMILES string of the molecule is C=C/C=C\C(=C)c1cccc(-c2nc(-c3ccccc3)nc(-c3ccccc3)n2)c1. The molecule has 3 nitrogen and oxygen atoms in total. The number of allylic oxidation sites excluding steroid dienone is 4. The zero-order chi connectivity index (χ0) is 20.8. The van der Waals surface area contributed by atoms with E-state index in [1.165, 1.54) is 0 Å². The maximum atomic E-state index is 4.78. The van der Waals surface area contributed by atoms with Crippen molar-refractivity contribution in [1.29, 1.82) is 0 Å². The second-order valence-electron chi connectivity index (χ2n) is 6.74. The maximum absolute atomic E-state index is 4.78. The van der Waals surface area contributed by atoms with Crippen LogP contribution in [0.5, 0.6) is 0 Å². The molecule has 4 rings (SSSR count). The average molecular weight is 387 g/mol. The molecule has 0 unspecified atom stereocenters. The summed E-state index contributed by atoms with van der Waals surface area (Å²) in [7, 11) is 0. The van der Waals surface area contributed by atoms with E-state index >= 15 is 0 Å². The van der Waals surface area contributed by atoms with Crippen LogP contribution in [0.1, 0.15) is 5.56 Å². The van der Waals surface area contributed by atoms with E-state index in [0.29, 0.717) is 17.5 Å². The third kappa shape index (κ3) is 4.31. The van der Waals surface area contributed by atoms with Crippen LogP contribution in [-0.4, -0.2) is 15.0 Å². The molecule has 0 saturated heterocycles. The molecule has 0 fully saturated rings. The Kier molecular flexibility index (Phi) is 5.72. The summed E-state index contributed by atoms with van der Waals surface area (Å²) >= 11 is 0. The Morgan fingerprint density at radius 3 is 1.67 bits per heavy atom. The first kappa shape index (κ1) is 19.2. The quantitative estimate of drug-likeness (QED) is 0.349. The molecule has 0 saturated carbocycles. The van der Waals surface area contributed by atoms with Crippen LogP contribution in [0.4, 0.5) is 0 Å². The molecule has 1 heterocycles. The minimum absolute atomic E-state index is 0.630. The molecule has 0 aliphatic rings. The number of rotatable bonds is 6. The topological polar surface area (TPSA) is 38.7 Å². The van der Waals surface area contributed by atoms with Crippen molar-refractivity contribution in [3.8, 4) is 34.2 Å². The summed E-state index contributed by atoms with van der Waals surface area (Å²) in [5.74, 6) is 1.93. The normalized spacial score (nSPS) is 10.8. The largest absolute Gasteiger partial charge is 0.208 e. The molecule has 30 heavy (non-hydrogen) atoms. The van der Waals surface area contributed by atoms with Crippen molar-refractivity contribution < 1.29 is 0 Å². The van der Waals surface area contributed by atoms with Crippen molar-refractivity contribution in [3.63, 3.8) is 0 Å². The minimum Gasteiger partial charge on any atom is -0.208 e. The summed E-state index contributed by atoms with van der Waals surface area (Å²) in [6.45, 7) is 7.85. The smallest absolute Gasteiger partial charge is 0.164 e. The van der Waals surface area contributed by atoms with Crippen molar-refractivity contribution in [2.45, 2.75) is 0 Å². The van der Waals surface area contributed by atoms with Gasteiger partial charge >= 0.3 is 0 Å². The van der Waals surface area contributed by atoms with Crippen molar-refractivity contribution in [2.24, 2.45) is 0 Å². The van der Waals surface area contributed by atoms with Crippen LogP contribution in [-0.2, 0) is 0 Å². The lowest BCUT2D eigenvalue weighted by Crippen LogP contribution is -2.00. The van der Waals surface area contributed by atoms with Gasteiger partial charge in [-0.25, -0.2) is 15.0 Å².